The lowest BCUT2D eigenvalue weighted by Crippen LogP contribution is -2.29. The second-order valence-electron chi connectivity index (χ2n) is 5.33. The van der Waals surface area contributed by atoms with Gasteiger partial charge in [0.05, 0.1) is 5.69 Å². The minimum atomic E-state index is -0.717. The number of nitrogens with one attached hydrogen (secondary N) is 2. The molecule has 2 aromatic heterocycles. The van der Waals surface area contributed by atoms with Crippen molar-refractivity contribution in [2.75, 3.05) is 5.32 Å². The van der Waals surface area contributed by atoms with Crippen LogP contribution in [-0.4, -0.2) is 20.8 Å². The summed E-state index contributed by atoms with van der Waals surface area (Å²) >= 11 is 0. The number of hydrogen-bond acceptors (Lipinski definition) is 3. The second kappa shape index (κ2) is 7.08. The highest BCUT2D eigenvalue weighted by atomic mass is 19.1. The molecule has 0 unspecified atom stereocenters. The Morgan fingerprint density at radius 2 is 2.08 bits per heavy atom. The Bertz CT molecular complexity index is 895. The summed E-state index contributed by atoms with van der Waals surface area (Å²) in [5.74, 6) is -1.00. The van der Waals surface area contributed by atoms with Gasteiger partial charge in [0.15, 0.2) is 0 Å². The first-order valence-corrected chi connectivity index (χ1v) is 7.46. The maximum Gasteiger partial charge on any atom is 0.320 e. The number of urea groups is 1. The first-order valence-electron chi connectivity index (χ1n) is 7.46. The number of benzene rings is 1. The second-order valence-corrected chi connectivity index (χ2v) is 5.33. The Balaban J connectivity index is 1.69. The van der Waals surface area contributed by atoms with E-state index in [1.54, 1.807) is 25.5 Å². The molecule has 0 bridgehead atoms. The molecule has 25 heavy (non-hydrogen) atoms. The van der Waals surface area contributed by atoms with Gasteiger partial charge in [0, 0.05) is 43.7 Å². The van der Waals surface area contributed by atoms with E-state index in [-0.39, 0.29) is 5.56 Å². The Labute approximate surface area is 142 Å². The zero-order valence-corrected chi connectivity index (χ0v) is 13.3. The Kier molecular flexibility index (Phi) is 4.69. The molecule has 0 spiro atoms. The molecule has 0 fully saturated rings. The summed E-state index contributed by atoms with van der Waals surface area (Å²) in [6, 6.07) is 7.95. The number of nitrogens with zero attached hydrogens (tertiary/aromatic N) is 3. The standard InChI is InChI=1S/C17H15F2N5O/c1-24-16(22-17(25)21-10-11-3-2-6-20-9-11)8-15(23-24)13-5-4-12(18)7-14(13)19/h2-9H,10H2,1H3,(H2,21,22,25). The molecule has 1 aromatic carbocycles. The molecule has 2 heterocycles. The van der Waals surface area contributed by atoms with Gasteiger partial charge in [-0.1, -0.05) is 6.07 Å². The van der Waals surface area contributed by atoms with Crippen LogP contribution in [0.1, 0.15) is 5.56 Å². The molecule has 0 atom stereocenters. The van der Waals surface area contributed by atoms with E-state index in [1.165, 1.54) is 16.8 Å². The van der Waals surface area contributed by atoms with E-state index in [0.29, 0.717) is 18.1 Å². The molecule has 3 aromatic rings. The molecule has 8 heteroatoms. The fourth-order valence-corrected chi connectivity index (χ4v) is 2.26. The molecule has 0 aliphatic heterocycles. The van der Waals surface area contributed by atoms with Gasteiger partial charge in [0.2, 0.25) is 0 Å². The first kappa shape index (κ1) is 16.6. The fourth-order valence-electron chi connectivity index (χ4n) is 2.26. The maximum absolute atomic E-state index is 13.9. The SMILES string of the molecule is Cn1nc(-c2ccc(F)cc2F)cc1NC(=O)NCc1cccnc1. The monoisotopic (exact) mass is 343 g/mol. The fraction of sp³-hybridized carbons (Fsp3) is 0.118. The topological polar surface area (TPSA) is 71.8 Å². The Morgan fingerprint density at radius 1 is 1.24 bits per heavy atom. The number of carbonyl (C=O) groups excluding carboxylic acids is 1. The minimum absolute atomic E-state index is 0.154. The summed E-state index contributed by atoms with van der Waals surface area (Å²) in [6.45, 7) is 0.316. The molecule has 0 radical (unpaired) electrons. The van der Waals surface area contributed by atoms with E-state index in [1.807, 2.05) is 6.07 Å². The number of aryl methyl sites for hydroxylation is 1. The zero-order chi connectivity index (χ0) is 17.8. The number of rotatable bonds is 4. The summed E-state index contributed by atoms with van der Waals surface area (Å²) in [7, 11) is 1.61. The van der Waals surface area contributed by atoms with E-state index in [0.717, 1.165) is 17.7 Å². The smallest absolute Gasteiger partial charge is 0.320 e. The number of pyridine rings is 1. The van der Waals surface area contributed by atoms with Crippen molar-refractivity contribution in [3.63, 3.8) is 0 Å². The third-order valence-corrected chi connectivity index (χ3v) is 3.50. The summed E-state index contributed by atoms with van der Waals surface area (Å²) in [4.78, 5) is 16.0. The van der Waals surface area contributed by atoms with E-state index < -0.39 is 17.7 Å². The molecule has 0 aliphatic rings. The third kappa shape index (κ3) is 3.97. The van der Waals surface area contributed by atoms with Crippen molar-refractivity contribution in [1.82, 2.24) is 20.1 Å². The highest BCUT2D eigenvalue weighted by molar-refractivity contribution is 5.89. The first-order chi connectivity index (χ1) is 12.0. The van der Waals surface area contributed by atoms with Crippen LogP contribution < -0.4 is 10.6 Å². The lowest BCUT2D eigenvalue weighted by Gasteiger charge is -2.07. The van der Waals surface area contributed by atoms with Gasteiger partial charge >= 0.3 is 6.03 Å². The van der Waals surface area contributed by atoms with Crippen LogP contribution in [0.25, 0.3) is 11.3 Å². The van der Waals surface area contributed by atoms with E-state index >= 15 is 0 Å². The zero-order valence-electron chi connectivity index (χ0n) is 13.3. The van der Waals surface area contributed by atoms with E-state index in [4.69, 9.17) is 0 Å². The van der Waals surface area contributed by atoms with Gasteiger partial charge in [-0.25, -0.2) is 13.6 Å². The lowest BCUT2D eigenvalue weighted by molar-refractivity contribution is 0.251. The van der Waals surface area contributed by atoms with Crippen molar-refractivity contribution < 1.29 is 13.6 Å². The van der Waals surface area contributed by atoms with Crippen LogP contribution in [0.3, 0.4) is 0 Å². The largest absolute Gasteiger partial charge is 0.334 e. The van der Waals surface area contributed by atoms with Crippen LogP contribution in [0.4, 0.5) is 19.4 Å². The van der Waals surface area contributed by atoms with Crippen molar-refractivity contribution >= 4 is 11.8 Å². The number of aromatic nitrogens is 3. The van der Waals surface area contributed by atoms with Gasteiger partial charge < -0.3 is 5.32 Å². The van der Waals surface area contributed by atoms with Crippen LogP contribution in [0.2, 0.25) is 0 Å². The number of anilines is 1. The molecule has 0 saturated carbocycles. The molecule has 2 N–H and O–H groups in total. The average molecular weight is 343 g/mol. The third-order valence-electron chi connectivity index (χ3n) is 3.50. The van der Waals surface area contributed by atoms with Crippen LogP contribution in [-0.2, 0) is 13.6 Å². The van der Waals surface area contributed by atoms with Gasteiger partial charge in [0.25, 0.3) is 0 Å². The number of amides is 2. The van der Waals surface area contributed by atoms with Gasteiger partial charge in [-0.15, -0.1) is 0 Å². The number of carbonyl (C=O) groups is 1. The molecule has 6 nitrogen and oxygen atoms in total. The molecular formula is C17H15F2N5O. The summed E-state index contributed by atoms with van der Waals surface area (Å²) < 4.78 is 28.3. The van der Waals surface area contributed by atoms with E-state index in [9.17, 15) is 13.6 Å². The molecule has 0 aliphatic carbocycles. The van der Waals surface area contributed by atoms with Crippen molar-refractivity contribution in [2.45, 2.75) is 6.54 Å². The van der Waals surface area contributed by atoms with Gasteiger partial charge in [-0.05, 0) is 23.8 Å². The Hall–Kier alpha value is -3.29. The van der Waals surface area contributed by atoms with Crippen molar-refractivity contribution in [2.24, 2.45) is 7.05 Å². The normalized spacial score (nSPS) is 10.5. The molecule has 2 amide bonds. The molecular weight excluding hydrogens is 328 g/mol. The predicted octanol–water partition coefficient (Wildman–Crippen LogP) is 3.08. The quantitative estimate of drug-likeness (QED) is 0.765. The summed E-state index contributed by atoms with van der Waals surface area (Å²) in [5, 5.41) is 9.47. The van der Waals surface area contributed by atoms with Gasteiger partial charge in [-0.2, -0.15) is 5.10 Å². The highest BCUT2D eigenvalue weighted by Gasteiger charge is 2.13. The average Bonchev–Trinajstić information content (AvgIpc) is 2.94. The number of hydrogen-bond donors (Lipinski definition) is 2. The summed E-state index contributed by atoms with van der Waals surface area (Å²) in [5.41, 5.74) is 1.31. The highest BCUT2D eigenvalue weighted by Crippen LogP contribution is 2.24. The van der Waals surface area contributed by atoms with Crippen LogP contribution in [0.5, 0.6) is 0 Å². The summed E-state index contributed by atoms with van der Waals surface area (Å²) in [6.07, 6.45) is 3.30. The van der Waals surface area contributed by atoms with Crippen LogP contribution in [0.15, 0.2) is 48.8 Å². The van der Waals surface area contributed by atoms with Crippen molar-refractivity contribution in [1.29, 1.82) is 0 Å². The maximum atomic E-state index is 13.9. The predicted molar refractivity (Wildman–Crippen MR) is 88.7 cm³/mol. The van der Waals surface area contributed by atoms with Crippen LogP contribution >= 0.6 is 0 Å². The van der Waals surface area contributed by atoms with Crippen molar-refractivity contribution in [3.8, 4) is 11.3 Å². The van der Waals surface area contributed by atoms with E-state index in [2.05, 4.69) is 20.7 Å². The van der Waals surface area contributed by atoms with Crippen molar-refractivity contribution in [3.05, 3.63) is 66.0 Å². The minimum Gasteiger partial charge on any atom is -0.334 e. The van der Waals surface area contributed by atoms with Gasteiger partial charge in [0.1, 0.15) is 17.5 Å². The van der Waals surface area contributed by atoms with Gasteiger partial charge in [-0.3, -0.25) is 15.0 Å². The molecule has 3 rings (SSSR count). The number of halogens is 2. The molecule has 128 valence electrons. The molecule has 0 saturated heterocycles. The van der Waals surface area contributed by atoms with Crippen LogP contribution in [0, 0.1) is 11.6 Å². The Morgan fingerprint density at radius 3 is 2.80 bits per heavy atom. The lowest BCUT2D eigenvalue weighted by atomic mass is 10.1.